The molecule has 0 aromatic rings. The number of alkyl halides is 1. The summed E-state index contributed by atoms with van der Waals surface area (Å²) in [7, 11) is 0. The lowest BCUT2D eigenvalue weighted by molar-refractivity contribution is -0.143. The van der Waals surface area contributed by atoms with Crippen LogP contribution in [0, 0.1) is 0 Å². The second-order valence-electron chi connectivity index (χ2n) is 4.69. The predicted octanol–water partition coefficient (Wildman–Crippen LogP) is 1.78. The maximum atomic E-state index is 12.1. The van der Waals surface area contributed by atoms with Gasteiger partial charge in [0.15, 0.2) is 0 Å². The molecule has 86 valence electrons. The van der Waals surface area contributed by atoms with Gasteiger partial charge in [0.2, 0.25) is 0 Å². The Bertz CT molecular complexity index is 259. The molecule has 0 N–H and O–H groups in total. The number of hydrogen-bond acceptors (Lipinski definition) is 2. The molecule has 2 fully saturated rings. The smallest absolute Gasteiger partial charge is 0.252 e. The minimum Gasteiger partial charge on any atom is -0.365 e. The van der Waals surface area contributed by atoms with Crippen molar-refractivity contribution in [3.8, 4) is 0 Å². The van der Waals surface area contributed by atoms with Crippen LogP contribution in [0.4, 0.5) is 0 Å². The molecule has 4 heteroatoms. The number of carbonyl (C=O) groups excluding carboxylic acids is 1. The van der Waals surface area contributed by atoms with Crippen molar-refractivity contribution in [2.24, 2.45) is 0 Å². The Hall–Kier alpha value is -0.280. The van der Waals surface area contributed by atoms with Gasteiger partial charge in [-0.1, -0.05) is 0 Å². The van der Waals surface area contributed by atoms with Gasteiger partial charge in [0.1, 0.15) is 6.10 Å². The van der Waals surface area contributed by atoms with E-state index in [1.165, 1.54) is 0 Å². The summed E-state index contributed by atoms with van der Waals surface area (Å²) in [6.45, 7) is 4.75. The Morgan fingerprint density at radius 2 is 2.13 bits per heavy atom. The highest BCUT2D eigenvalue weighted by Crippen LogP contribution is 2.27. The minimum absolute atomic E-state index is 0.114. The molecule has 3 nitrogen and oxygen atoms in total. The third kappa shape index (κ3) is 2.28. The first-order chi connectivity index (χ1) is 7.08. The topological polar surface area (TPSA) is 29.5 Å². The second-order valence-corrected chi connectivity index (χ2v) is 5.30. The normalized spacial score (nSPS) is 41.1. The van der Waals surface area contributed by atoms with E-state index in [1.807, 2.05) is 11.8 Å². The fourth-order valence-electron chi connectivity index (χ4n) is 2.44. The molecule has 2 aliphatic heterocycles. The Morgan fingerprint density at radius 1 is 1.40 bits per heavy atom. The Balaban J connectivity index is 1.96. The molecule has 4 unspecified atom stereocenters. The van der Waals surface area contributed by atoms with Gasteiger partial charge in [-0.2, -0.15) is 0 Å². The van der Waals surface area contributed by atoms with Crippen molar-refractivity contribution < 1.29 is 9.53 Å². The van der Waals surface area contributed by atoms with Crippen molar-refractivity contribution in [3.63, 3.8) is 0 Å². The van der Waals surface area contributed by atoms with Gasteiger partial charge in [-0.3, -0.25) is 4.79 Å². The first-order valence-corrected chi connectivity index (χ1v) is 6.11. The van der Waals surface area contributed by atoms with Crippen LogP contribution in [0.15, 0.2) is 0 Å². The fraction of sp³-hybridized carbons (Fsp3) is 0.909. The van der Waals surface area contributed by atoms with Crippen LogP contribution >= 0.6 is 11.6 Å². The fourth-order valence-corrected chi connectivity index (χ4v) is 2.85. The van der Waals surface area contributed by atoms with E-state index >= 15 is 0 Å². The van der Waals surface area contributed by atoms with E-state index in [-0.39, 0.29) is 29.5 Å². The minimum atomic E-state index is -0.218. The lowest BCUT2D eigenvalue weighted by Gasteiger charge is -2.24. The summed E-state index contributed by atoms with van der Waals surface area (Å²) in [5.74, 6) is 0.134. The van der Waals surface area contributed by atoms with Gasteiger partial charge in [0.05, 0.1) is 11.5 Å². The lowest BCUT2D eigenvalue weighted by Crippen LogP contribution is -2.41. The van der Waals surface area contributed by atoms with Gasteiger partial charge in [-0.15, -0.1) is 11.6 Å². The number of rotatable bonds is 1. The van der Waals surface area contributed by atoms with Crippen molar-refractivity contribution in [1.29, 1.82) is 0 Å². The molecule has 2 heterocycles. The summed E-state index contributed by atoms with van der Waals surface area (Å²) >= 11 is 6.05. The summed E-state index contributed by atoms with van der Waals surface area (Å²) < 4.78 is 5.58. The molecule has 4 atom stereocenters. The highest BCUT2D eigenvalue weighted by Gasteiger charge is 2.37. The number of hydrogen-bond donors (Lipinski definition) is 0. The molecule has 2 saturated heterocycles. The zero-order valence-corrected chi connectivity index (χ0v) is 10.0. The maximum absolute atomic E-state index is 12.1. The Labute approximate surface area is 95.7 Å². The van der Waals surface area contributed by atoms with E-state index in [2.05, 4.69) is 6.92 Å². The molecule has 0 radical (unpaired) electrons. The molecular formula is C11H18ClNO2. The quantitative estimate of drug-likeness (QED) is 0.644. The average molecular weight is 232 g/mol. The van der Waals surface area contributed by atoms with Crippen molar-refractivity contribution >= 4 is 17.5 Å². The highest BCUT2D eigenvalue weighted by atomic mass is 35.5. The van der Waals surface area contributed by atoms with Crippen molar-refractivity contribution in [2.75, 3.05) is 6.54 Å². The molecule has 1 amide bonds. The van der Waals surface area contributed by atoms with Crippen LogP contribution in [0.5, 0.6) is 0 Å². The van der Waals surface area contributed by atoms with E-state index in [0.717, 1.165) is 19.3 Å². The highest BCUT2D eigenvalue weighted by molar-refractivity contribution is 6.21. The van der Waals surface area contributed by atoms with Crippen LogP contribution in [0.3, 0.4) is 0 Å². The van der Waals surface area contributed by atoms with Crippen molar-refractivity contribution in [2.45, 2.75) is 56.7 Å². The van der Waals surface area contributed by atoms with Crippen molar-refractivity contribution in [3.05, 3.63) is 0 Å². The SMILES string of the molecule is CC1CCC(C(=O)N2CC(Cl)CC2C)O1. The second kappa shape index (κ2) is 4.30. The van der Waals surface area contributed by atoms with Crippen LogP contribution in [-0.2, 0) is 9.53 Å². The van der Waals surface area contributed by atoms with Crippen LogP contribution < -0.4 is 0 Å². The molecule has 0 aromatic heterocycles. The average Bonchev–Trinajstić information content (AvgIpc) is 2.71. The monoisotopic (exact) mass is 231 g/mol. The van der Waals surface area contributed by atoms with Gasteiger partial charge in [-0.25, -0.2) is 0 Å². The lowest BCUT2D eigenvalue weighted by atomic mass is 10.2. The summed E-state index contributed by atoms with van der Waals surface area (Å²) in [5.41, 5.74) is 0. The van der Waals surface area contributed by atoms with Gasteiger partial charge in [0, 0.05) is 12.6 Å². The van der Waals surface area contributed by atoms with Crippen LogP contribution in [0.2, 0.25) is 0 Å². The van der Waals surface area contributed by atoms with Crippen molar-refractivity contribution in [1.82, 2.24) is 4.90 Å². The molecule has 0 aromatic carbocycles. The first-order valence-electron chi connectivity index (χ1n) is 5.68. The summed E-state index contributed by atoms with van der Waals surface area (Å²) in [5, 5.41) is 0.114. The predicted molar refractivity (Wildman–Crippen MR) is 59.0 cm³/mol. The third-order valence-electron chi connectivity index (χ3n) is 3.31. The summed E-state index contributed by atoms with van der Waals surface area (Å²) in [6, 6.07) is 0.263. The zero-order chi connectivity index (χ0) is 11.0. The van der Waals surface area contributed by atoms with Gasteiger partial charge >= 0.3 is 0 Å². The Kier molecular flexibility index (Phi) is 3.21. The van der Waals surface area contributed by atoms with Crippen LogP contribution in [0.25, 0.3) is 0 Å². The van der Waals surface area contributed by atoms with Gasteiger partial charge < -0.3 is 9.64 Å². The van der Waals surface area contributed by atoms with E-state index in [9.17, 15) is 4.79 Å². The largest absolute Gasteiger partial charge is 0.365 e. The first kappa shape index (κ1) is 11.2. The number of ether oxygens (including phenoxy) is 1. The van der Waals surface area contributed by atoms with E-state index in [1.54, 1.807) is 0 Å². The van der Waals surface area contributed by atoms with E-state index in [0.29, 0.717) is 6.54 Å². The van der Waals surface area contributed by atoms with Gasteiger partial charge in [-0.05, 0) is 33.1 Å². The number of likely N-dealkylation sites (tertiary alicyclic amines) is 1. The number of halogens is 1. The maximum Gasteiger partial charge on any atom is 0.252 e. The molecule has 15 heavy (non-hydrogen) atoms. The van der Waals surface area contributed by atoms with E-state index < -0.39 is 0 Å². The van der Waals surface area contributed by atoms with Crippen LogP contribution in [0.1, 0.15) is 33.1 Å². The third-order valence-corrected chi connectivity index (χ3v) is 3.63. The molecule has 0 aliphatic carbocycles. The molecule has 0 spiro atoms. The standard InChI is InChI=1S/C11H18ClNO2/c1-7-5-9(12)6-13(7)11(14)10-4-3-8(2)15-10/h7-10H,3-6H2,1-2H3. The van der Waals surface area contributed by atoms with Gasteiger partial charge in [0.25, 0.3) is 5.91 Å². The van der Waals surface area contributed by atoms with E-state index in [4.69, 9.17) is 16.3 Å². The summed E-state index contributed by atoms with van der Waals surface area (Å²) in [6.07, 6.45) is 2.75. The molecular weight excluding hydrogens is 214 g/mol. The zero-order valence-electron chi connectivity index (χ0n) is 9.28. The molecule has 2 rings (SSSR count). The van der Waals surface area contributed by atoms with Crippen LogP contribution in [-0.4, -0.2) is 41.0 Å². The molecule has 2 aliphatic rings. The molecule has 0 saturated carbocycles. The Morgan fingerprint density at radius 3 is 2.60 bits per heavy atom. The number of amides is 1. The number of carbonyl (C=O) groups is 1. The number of nitrogens with zero attached hydrogens (tertiary/aromatic N) is 1. The summed E-state index contributed by atoms with van der Waals surface area (Å²) in [4.78, 5) is 14.0. The molecule has 0 bridgehead atoms.